The van der Waals surface area contributed by atoms with Gasteiger partial charge >= 0.3 is 5.97 Å². The second kappa shape index (κ2) is 10.8. The fourth-order valence-electron chi connectivity index (χ4n) is 4.64. The Bertz CT molecular complexity index is 1440. The summed E-state index contributed by atoms with van der Waals surface area (Å²) >= 11 is 0. The lowest BCUT2D eigenvalue weighted by Gasteiger charge is -2.20. The molecule has 0 radical (unpaired) electrons. The zero-order chi connectivity index (χ0) is 26.7. The van der Waals surface area contributed by atoms with Crippen LogP contribution in [0.1, 0.15) is 39.7 Å². The summed E-state index contributed by atoms with van der Waals surface area (Å²) in [7, 11) is 0. The fourth-order valence-corrected chi connectivity index (χ4v) is 4.64. The number of fused-ring (bicyclic) bond motifs is 1. The van der Waals surface area contributed by atoms with Crippen molar-refractivity contribution in [3.8, 4) is 22.5 Å². The molecule has 2 atom stereocenters. The molecule has 0 fully saturated rings. The summed E-state index contributed by atoms with van der Waals surface area (Å²) in [6, 6.07) is 18.6. The number of hydrogen-bond acceptors (Lipinski definition) is 7. The Kier molecular flexibility index (Phi) is 7.29. The number of aromatic nitrogens is 2. The Morgan fingerprint density at radius 2 is 1.79 bits per heavy atom. The third kappa shape index (κ3) is 5.78. The molecule has 1 aliphatic rings. The monoisotopic (exact) mass is 511 g/mol. The van der Waals surface area contributed by atoms with Gasteiger partial charge in [0.15, 0.2) is 0 Å². The number of rotatable bonds is 8. The van der Waals surface area contributed by atoms with Crippen molar-refractivity contribution in [2.45, 2.75) is 58.3 Å². The highest BCUT2D eigenvalue weighted by atomic mass is 16.6. The maximum Gasteiger partial charge on any atom is 0.332 e. The maximum atomic E-state index is 12.1. The van der Waals surface area contributed by atoms with Crippen molar-refractivity contribution >= 4 is 22.9 Å². The van der Waals surface area contributed by atoms with Crippen LogP contribution in [0.5, 0.6) is 0 Å². The first-order valence-electron chi connectivity index (χ1n) is 13.0. The molecule has 1 aliphatic carbocycles. The minimum Gasteiger partial charge on any atom is -0.458 e. The lowest BCUT2D eigenvalue weighted by atomic mass is 9.98. The van der Waals surface area contributed by atoms with Crippen LogP contribution in [0.25, 0.3) is 33.6 Å². The number of hydrogen-bond donors (Lipinski definition) is 1. The average Bonchev–Trinajstić information content (AvgIpc) is 3.52. The lowest BCUT2D eigenvalue weighted by Crippen LogP contribution is -2.28. The molecule has 2 aromatic heterocycles. The van der Waals surface area contributed by atoms with Crippen LogP contribution in [0.3, 0.4) is 0 Å². The highest BCUT2D eigenvalue weighted by Crippen LogP contribution is 2.43. The van der Waals surface area contributed by atoms with E-state index in [2.05, 4.69) is 46.5 Å². The standard InChI is InChI=1S/C31H33N3O4/c1-5-20-11-13-21(14-12-20)26-27-29(32-19-33-30(27)37-28(26)22-9-7-6-8-10-22)34-23-15-16-24(17-23)36-18-25(35)38-31(2,3)4/h6-16,19,23-24H,5,17-18H2,1-4H3,(H,32,33,34)/t23-,24-/m0/s1. The molecular formula is C31H33N3O4. The maximum absolute atomic E-state index is 12.1. The third-order valence-corrected chi connectivity index (χ3v) is 6.38. The number of benzene rings is 2. The van der Waals surface area contributed by atoms with Crippen LogP contribution in [0, 0.1) is 0 Å². The van der Waals surface area contributed by atoms with Gasteiger partial charge in [-0.25, -0.2) is 14.8 Å². The summed E-state index contributed by atoms with van der Waals surface area (Å²) in [4.78, 5) is 21.1. The van der Waals surface area contributed by atoms with Crippen molar-refractivity contribution < 1.29 is 18.7 Å². The average molecular weight is 512 g/mol. The Hall–Kier alpha value is -3.97. The molecule has 0 bridgehead atoms. The number of ether oxygens (including phenoxy) is 2. The van der Waals surface area contributed by atoms with Crippen molar-refractivity contribution in [3.63, 3.8) is 0 Å². The van der Waals surface area contributed by atoms with Gasteiger partial charge in [-0.05, 0) is 38.3 Å². The molecule has 0 aliphatic heterocycles. The molecule has 0 unspecified atom stereocenters. The van der Waals surface area contributed by atoms with Crippen molar-refractivity contribution in [1.29, 1.82) is 0 Å². The van der Waals surface area contributed by atoms with Crippen LogP contribution in [-0.2, 0) is 20.7 Å². The van der Waals surface area contributed by atoms with E-state index in [0.29, 0.717) is 18.0 Å². The molecule has 196 valence electrons. The van der Waals surface area contributed by atoms with Crippen LogP contribution >= 0.6 is 0 Å². The largest absolute Gasteiger partial charge is 0.458 e. The number of anilines is 1. The second-order valence-corrected chi connectivity index (χ2v) is 10.4. The minimum absolute atomic E-state index is 0.0258. The topological polar surface area (TPSA) is 86.5 Å². The molecule has 5 rings (SSSR count). The van der Waals surface area contributed by atoms with Gasteiger partial charge in [-0.3, -0.25) is 0 Å². The number of furan rings is 1. The van der Waals surface area contributed by atoms with Crippen molar-refractivity contribution in [3.05, 3.63) is 78.6 Å². The fraction of sp³-hybridized carbons (Fsp3) is 0.323. The number of carbonyl (C=O) groups is 1. The molecule has 0 amide bonds. The van der Waals surface area contributed by atoms with Gasteiger partial charge < -0.3 is 19.2 Å². The highest BCUT2D eigenvalue weighted by molar-refractivity contribution is 6.06. The van der Waals surface area contributed by atoms with E-state index >= 15 is 0 Å². The van der Waals surface area contributed by atoms with Crippen molar-refractivity contribution in [2.24, 2.45) is 0 Å². The van der Waals surface area contributed by atoms with Gasteiger partial charge in [0.1, 0.15) is 30.1 Å². The van der Waals surface area contributed by atoms with Crippen LogP contribution < -0.4 is 5.32 Å². The van der Waals surface area contributed by atoms with Gasteiger partial charge in [-0.1, -0.05) is 73.7 Å². The van der Waals surface area contributed by atoms with E-state index < -0.39 is 5.60 Å². The van der Waals surface area contributed by atoms with Gasteiger partial charge in [-0.2, -0.15) is 0 Å². The summed E-state index contributed by atoms with van der Waals surface area (Å²) in [6.07, 6.45) is 6.97. The molecular weight excluding hydrogens is 478 g/mol. The summed E-state index contributed by atoms with van der Waals surface area (Å²) in [5.74, 6) is 1.08. The molecule has 38 heavy (non-hydrogen) atoms. The quantitative estimate of drug-likeness (QED) is 0.211. The van der Waals surface area contributed by atoms with Gasteiger partial charge in [0, 0.05) is 23.6 Å². The van der Waals surface area contributed by atoms with Crippen LogP contribution in [0.4, 0.5) is 5.82 Å². The number of esters is 1. The van der Waals surface area contributed by atoms with Gasteiger partial charge in [0.2, 0.25) is 5.71 Å². The summed E-state index contributed by atoms with van der Waals surface area (Å²) in [6.45, 7) is 7.58. The molecule has 7 nitrogen and oxygen atoms in total. The van der Waals surface area contributed by atoms with E-state index in [1.54, 1.807) is 0 Å². The molecule has 0 spiro atoms. The summed E-state index contributed by atoms with van der Waals surface area (Å²) in [5, 5.41) is 4.38. The first-order chi connectivity index (χ1) is 18.3. The first-order valence-corrected chi connectivity index (χ1v) is 13.0. The smallest absolute Gasteiger partial charge is 0.332 e. The summed E-state index contributed by atoms with van der Waals surface area (Å²) < 4.78 is 17.5. The van der Waals surface area contributed by atoms with E-state index in [9.17, 15) is 4.79 Å². The molecule has 4 aromatic rings. The lowest BCUT2D eigenvalue weighted by molar-refractivity contribution is -0.161. The van der Waals surface area contributed by atoms with E-state index in [1.807, 2.05) is 63.3 Å². The van der Waals surface area contributed by atoms with Crippen molar-refractivity contribution in [1.82, 2.24) is 9.97 Å². The molecule has 7 heteroatoms. The molecule has 2 heterocycles. The number of nitrogens with zero attached hydrogens (tertiary/aromatic N) is 2. The van der Waals surface area contributed by atoms with Gasteiger partial charge in [0.25, 0.3) is 0 Å². The van der Waals surface area contributed by atoms with Crippen LogP contribution in [-0.4, -0.2) is 40.3 Å². The van der Waals surface area contributed by atoms with Gasteiger partial charge in [-0.15, -0.1) is 0 Å². The molecule has 0 saturated heterocycles. The Balaban J connectivity index is 1.42. The van der Waals surface area contributed by atoms with Crippen LogP contribution in [0.15, 0.2) is 77.5 Å². The SMILES string of the molecule is CCc1ccc(-c2c(-c3ccccc3)oc3ncnc(N[C@H]4C=C[C@H](OCC(=O)OC(C)(C)C)C4)c23)cc1. The first kappa shape index (κ1) is 25.7. The number of nitrogens with one attached hydrogen (secondary N) is 1. The number of carbonyl (C=O) groups excluding carboxylic acids is 1. The third-order valence-electron chi connectivity index (χ3n) is 6.38. The predicted molar refractivity (Wildman–Crippen MR) is 149 cm³/mol. The van der Waals surface area contributed by atoms with E-state index in [-0.39, 0.29) is 24.7 Å². The Labute approximate surface area is 222 Å². The molecule has 0 saturated carbocycles. The van der Waals surface area contributed by atoms with Crippen molar-refractivity contribution in [2.75, 3.05) is 11.9 Å². The van der Waals surface area contributed by atoms with Gasteiger partial charge in [0.05, 0.1) is 11.5 Å². The predicted octanol–water partition coefficient (Wildman–Crippen LogP) is 6.59. The summed E-state index contributed by atoms with van der Waals surface area (Å²) in [5.41, 5.74) is 4.23. The minimum atomic E-state index is -0.536. The Morgan fingerprint density at radius 1 is 1.03 bits per heavy atom. The van der Waals surface area contributed by atoms with Crippen LogP contribution in [0.2, 0.25) is 0 Å². The van der Waals surface area contributed by atoms with E-state index in [0.717, 1.165) is 34.3 Å². The number of aryl methyl sites for hydroxylation is 1. The normalized spacial score (nSPS) is 17.2. The second-order valence-electron chi connectivity index (χ2n) is 10.4. The zero-order valence-electron chi connectivity index (χ0n) is 22.2. The van der Waals surface area contributed by atoms with E-state index in [1.165, 1.54) is 11.9 Å². The highest BCUT2D eigenvalue weighted by Gasteiger charge is 2.26. The molecule has 1 N–H and O–H groups in total. The van der Waals surface area contributed by atoms with E-state index in [4.69, 9.17) is 13.9 Å². The zero-order valence-corrected chi connectivity index (χ0v) is 22.2. The Morgan fingerprint density at radius 3 is 2.50 bits per heavy atom. The molecule has 2 aromatic carbocycles.